The predicted molar refractivity (Wildman–Crippen MR) is 107 cm³/mol. The summed E-state index contributed by atoms with van der Waals surface area (Å²) in [6.07, 6.45) is 8.71. The predicted octanol–water partition coefficient (Wildman–Crippen LogP) is 4.36. The lowest BCUT2D eigenvalue weighted by Gasteiger charge is -2.23. The number of aromatic nitrogens is 2. The number of hydrogen-bond acceptors (Lipinski definition) is 6. The maximum Gasteiger partial charge on any atom is 0.159 e. The van der Waals surface area contributed by atoms with Crippen LogP contribution in [0.25, 0.3) is 0 Å². The molecule has 6 heteroatoms. The van der Waals surface area contributed by atoms with Gasteiger partial charge in [0.05, 0.1) is 6.61 Å². The molecule has 2 aromatic rings. The molecule has 0 unspecified atom stereocenters. The zero-order valence-electron chi connectivity index (χ0n) is 15.6. The van der Waals surface area contributed by atoms with Crippen LogP contribution in [0.15, 0.2) is 30.6 Å². The van der Waals surface area contributed by atoms with Crippen LogP contribution in [0.5, 0.6) is 5.75 Å². The fourth-order valence-corrected chi connectivity index (χ4v) is 3.13. The number of nitrogen functional groups attached to an aromatic ring is 1. The SMILES string of the molecule is CCCCOc1ccc(Nc2ncnc(N3CCCCCC3)c2N)cc1. The fraction of sp³-hybridized carbons (Fsp3) is 0.500. The van der Waals surface area contributed by atoms with Crippen molar-refractivity contribution in [3.8, 4) is 5.75 Å². The largest absolute Gasteiger partial charge is 0.494 e. The Morgan fingerprint density at radius 3 is 2.50 bits per heavy atom. The van der Waals surface area contributed by atoms with E-state index in [4.69, 9.17) is 10.5 Å². The molecular weight excluding hydrogens is 326 g/mol. The molecule has 1 aliphatic rings. The minimum Gasteiger partial charge on any atom is -0.494 e. The standard InChI is InChI=1S/C20H29N5O/c1-2-3-14-26-17-10-8-16(9-11-17)24-19-18(21)20(23-15-22-19)25-12-6-4-5-7-13-25/h8-11,15H,2-7,12-14,21H2,1H3,(H,22,23,24). The van der Waals surface area contributed by atoms with Crippen molar-refractivity contribution in [2.24, 2.45) is 0 Å². The number of anilines is 4. The molecule has 0 aliphatic carbocycles. The highest BCUT2D eigenvalue weighted by Gasteiger charge is 2.16. The Hall–Kier alpha value is -2.50. The Labute approximate surface area is 155 Å². The minimum absolute atomic E-state index is 0.609. The second kappa shape index (κ2) is 9.27. The number of nitrogens with one attached hydrogen (secondary N) is 1. The molecule has 1 aromatic carbocycles. The van der Waals surface area contributed by atoms with Crippen molar-refractivity contribution in [1.29, 1.82) is 0 Å². The number of rotatable bonds is 7. The third-order valence-electron chi connectivity index (χ3n) is 4.65. The first-order chi connectivity index (χ1) is 12.8. The Kier molecular flexibility index (Phi) is 6.52. The van der Waals surface area contributed by atoms with Crippen LogP contribution in [0, 0.1) is 0 Å². The first-order valence-corrected chi connectivity index (χ1v) is 9.63. The number of unbranched alkanes of at least 4 members (excludes halogenated alkanes) is 1. The molecule has 0 atom stereocenters. The summed E-state index contributed by atoms with van der Waals surface area (Å²) in [6, 6.07) is 7.89. The summed E-state index contributed by atoms with van der Waals surface area (Å²) in [6.45, 7) is 4.92. The summed E-state index contributed by atoms with van der Waals surface area (Å²) in [5.74, 6) is 2.37. The summed E-state index contributed by atoms with van der Waals surface area (Å²) in [5.41, 5.74) is 7.91. The van der Waals surface area contributed by atoms with Gasteiger partial charge in [0.15, 0.2) is 11.6 Å². The van der Waals surface area contributed by atoms with Gasteiger partial charge in [-0.05, 0) is 43.5 Å². The van der Waals surface area contributed by atoms with E-state index in [9.17, 15) is 0 Å². The van der Waals surface area contributed by atoms with Gasteiger partial charge in [0.1, 0.15) is 17.8 Å². The topological polar surface area (TPSA) is 76.3 Å². The zero-order valence-corrected chi connectivity index (χ0v) is 15.6. The van der Waals surface area contributed by atoms with Crippen molar-refractivity contribution in [3.63, 3.8) is 0 Å². The van der Waals surface area contributed by atoms with E-state index in [0.717, 1.165) is 49.8 Å². The van der Waals surface area contributed by atoms with E-state index in [0.29, 0.717) is 11.5 Å². The monoisotopic (exact) mass is 355 g/mol. The van der Waals surface area contributed by atoms with Crippen LogP contribution < -0.4 is 20.7 Å². The van der Waals surface area contributed by atoms with Gasteiger partial charge >= 0.3 is 0 Å². The Balaban J connectivity index is 1.68. The second-order valence-electron chi connectivity index (χ2n) is 6.71. The molecular formula is C20H29N5O. The highest BCUT2D eigenvalue weighted by molar-refractivity contribution is 5.78. The molecule has 3 rings (SSSR count). The molecule has 0 spiro atoms. The molecule has 140 valence electrons. The smallest absolute Gasteiger partial charge is 0.159 e. The molecule has 0 saturated carbocycles. The summed E-state index contributed by atoms with van der Waals surface area (Å²) >= 11 is 0. The van der Waals surface area contributed by atoms with Gasteiger partial charge in [0.25, 0.3) is 0 Å². The molecule has 0 amide bonds. The van der Waals surface area contributed by atoms with Crippen molar-refractivity contribution >= 4 is 23.0 Å². The average molecular weight is 355 g/mol. The van der Waals surface area contributed by atoms with Gasteiger partial charge in [0.2, 0.25) is 0 Å². The summed E-state index contributed by atoms with van der Waals surface area (Å²) in [4.78, 5) is 11.0. The Morgan fingerprint density at radius 2 is 1.81 bits per heavy atom. The Morgan fingerprint density at radius 1 is 1.08 bits per heavy atom. The maximum atomic E-state index is 6.37. The number of nitrogens with zero attached hydrogens (tertiary/aromatic N) is 3. The minimum atomic E-state index is 0.609. The fourth-order valence-electron chi connectivity index (χ4n) is 3.13. The van der Waals surface area contributed by atoms with Gasteiger partial charge in [-0.3, -0.25) is 0 Å². The van der Waals surface area contributed by atoms with E-state index < -0.39 is 0 Å². The Bertz CT molecular complexity index is 681. The van der Waals surface area contributed by atoms with Crippen LogP contribution in [0.4, 0.5) is 23.0 Å². The molecule has 1 aliphatic heterocycles. The van der Waals surface area contributed by atoms with Crippen molar-refractivity contribution < 1.29 is 4.74 Å². The zero-order chi connectivity index (χ0) is 18.2. The quantitative estimate of drug-likeness (QED) is 0.719. The van der Waals surface area contributed by atoms with Crippen molar-refractivity contribution in [2.75, 3.05) is 35.6 Å². The van der Waals surface area contributed by atoms with E-state index in [1.54, 1.807) is 6.33 Å². The van der Waals surface area contributed by atoms with Gasteiger partial charge in [0, 0.05) is 18.8 Å². The van der Waals surface area contributed by atoms with Crippen molar-refractivity contribution in [2.45, 2.75) is 45.4 Å². The molecule has 6 nitrogen and oxygen atoms in total. The van der Waals surface area contributed by atoms with Gasteiger partial charge < -0.3 is 20.7 Å². The van der Waals surface area contributed by atoms with Crippen LogP contribution in [-0.2, 0) is 0 Å². The third-order valence-corrected chi connectivity index (χ3v) is 4.65. The van der Waals surface area contributed by atoms with E-state index in [2.05, 4.69) is 27.1 Å². The third kappa shape index (κ3) is 4.77. The van der Waals surface area contributed by atoms with Gasteiger partial charge in [-0.1, -0.05) is 26.2 Å². The second-order valence-corrected chi connectivity index (χ2v) is 6.71. The van der Waals surface area contributed by atoms with Crippen LogP contribution in [0.1, 0.15) is 45.4 Å². The van der Waals surface area contributed by atoms with E-state index >= 15 is 0 Å². The first-order valence-electron chi connectivity index (χ1n) is 9.63. The van der Waals surface area contributed by atoms with Crippen molar-refractivity contribution in [3.05, 3.63) is 30.6 Å². The number of hydrogen-bond donors (Lipinski definition) is 2. The molecule has 26 heavy (non-hydrogen) atoms. The summed E-state index contributed by atoms with van der Waals surface area (Å²) in [7, 11) is 0. The van der Waals surface area contributed by atoms with Crippen molar-refractivity contribution in [1.82, 2.24) is 9.97 Å². The number of ether oxygens (including phenoxy) is 1. The lowest BCUT2D eigenvalue weighted by Crippen LogP contribution is -2.26. The number of benzene rings is 1. The lowest BCUT2D eigenvalue weighted by atomic mass is 10.2. The highest BCUT2D eigenvalue weighted by atomic mass is 16.5. The van der Waals surface area contributed by atoms with E-state index in [1.807, 2.05) is 24.3 Å². The van der Waals surface area contributed by atoms with E-state index in [1.165, 1.54) is 25.7 Å². The highest BCUT2D eigenvalue weighted by Crippen LogP contribution is 2.30. The average Bonchev–Trinajstić information content (AvgIpc) is 2.94. The van der Waals surface area contributed by atoms with Crippen LogP contribution >= 0.6 is 0 Å². The molecule has 2 heterocycles. The molecule has 1 aromatic heterocycles. The van der Waals surface area contributed by atoms with Crippen LogP contribution in [0.2, 0.25) is 0 Å². The normalized spacial score (nSPS) is 14.7. The number of nitrogens with two attached hydrogens (primary N) is 1. The van der Waals surface area contributed by atoms with Gasteiger partial charge in [-0.2, -0.15) is 0 Å². The molecule has 3 N–H and O–H groups in total. The summed E-state index contributed by atoms with van der Waals surface area (Å²) < 4.78 is 5.70. The first kappa shape index (κ1) is 18.3. The molecule has 0 radical (unpaired) electrons. The lowest BCUT2D eigenvalue weighted by molar-refractivity contribution is 0.309. The molecule has 1 saturated heterocycles. The van der Waals surface area contributed by atoms with Crippen LogP contribution in [0.3, 0.4) is 0 Å². The maximum absolute atomic E-state index is 6.37. The van der Waals surface area contributed by atoms with Crippen LogP contribution in [-0.4, -0.2) is 29.7 Å². The molecule has 0 bridgehead atoms. The van der Waals surface area contributed by atoms with Gasteiger partial charge in [-0.25, -0.2) is 9.97 Å². The van der Waals surface area contributed by atoms with E-state index in [-0.39, 0.29) is 0 Å². The molecule has 1 fully saturated rings. The summed E-state index contributed by atoms with van der Waals surface area (Å²) in [5, 5.41) is 3.30. The van der Waals surface area contributed by atoms with Gasteiger partial charge in [-0.15, -0.1) is 0 Å².